The number of carboxylic acid groups (broad SMARTS) is 1. The van der Waals surface area contributed by atoms with Gasteiger partial charge in [0, 0.05) is 0 Å². The molecule has 0 amide bonds. The Balaban J connectivity index is 2.32. The lowest BCUT2D eigenvalue weighted by molar-refractivity contribution is -0.148. The molecule has 1 aliphatic carbocycles. The van der Waals surface area contributed by atoms with Gasteiger partial charge in [0.15, 0.2) is 0 Å². The van der Waals surface area contributed by atoms with Crippen LogP contribution in [-0.2, 0) is 4.79 Å². The number of aliphatic hydroxyl groups is 1. The van der Waals surface area contributed by atoms with Crippen LogP contribution in [0.1, 0.15) is 49.8 Å². The molecule has 2 atom stereocenters. The molecule has 98 valence electrons. The molecule has 0 radical (unpaired) electrons. The third kappa shape index (κ3) is 2.56. The molecule has 1 fully saturated rings. The van der Waals surface area contributed by atoms with Crippen molar-refractivity contribution < 1.29 is 15.0 Å². The maximum absolute atomic E-state index is 11.3. The largest absolute Gasteiger partial charge is 0.481 e. The van der Waals surface area contributed by atoms with Crippen molar-refractivity contribution in [2.24, 2.45) is 11.8 Å². The van der Waals surface area contributed by atoms with Gasteiger partial charge in [-0.2, -0.15) is 0 Å². The maximum atomic E-state index is 11.3. The van der Waals surface area contributed by atoms with E-state index in [0.29, 0.717) is 5.92 Å². The van der Waals surface area contributed by atoms with Crippen molar-refractivity contribution in [1.82, 2.24) is 0 Å². The molecule has 2 rings (SSSR count). The molecule has 18 heavy (non-hydrogen) atoms. The predicted octanol–water partition coefficient (Wildman–Crippen LogP) is 2.95. The van der Waals surface area contributed by atoms with Crippen LogP contribution >= 0.6 is 0 Å². The molecule has 0 bridgehead atoms. The predicted molar refractivity (Wildman–Crippen MR) is 69.3 cm³/mol. The first-order valence-electron chi connectivity index (χ1n) is 6.52. The molecule has 2 N–H and O–H groups in total. The molecule has 1 aromatic carbocycles. The van der Waals surface area contributed by atoms with E-state index < -0.39 is 18.0 Å². The monoisotopic (exact) mass is 248 g/mol. The van der Waals surface area contributed by atoms with E-state index >= 15 is 0 Å². The quantitative estimate of drug-likeness (QED) is 0.842. The molecule has 3 heteroatoms. The fourth-order valence-corrected chi connectivity index (χ4v) is 2.52. The Morgan fingerprint density at radius 3 is 2.39 bits per heavy atom. The lowest BCUT2D eigenvalue weighted by atomic mass is 9.84. The summed E-state index contributed by atoms with van der Waals surface area (Å²) < 4.78 is 0. The summed E-state index contributed by atoms with van der Waals surface area (Å²) in [5.74, 6) is -1.25. The fourth-order valence-electron chi connectivity index (χ4n) is 2.52. The maximum Gasteiger partial charge on any atom is 0.309 e. The zero-order chi connectivity index (χ0) is 13.3. The SMILES string of the molecule is CC(C)C(C(=O)O)C(O)c1ccccc1C1CC1. The molecule has 0 aromatic heterocycles. The number of hydrogen-bond donors (Lipinski definition) is 2. The Hall–Kier alpha value is -1.35. The number of carbonyl (C=O) groups is 1. The van der Waals surface area contributed by atoms with Crippen LogP contribution in [0.5, 0.6) is 0 Å². The Morgan fingerprint density at radius 1 is 1.28 bits per heavy atom. The number of carboxylic acids is 1. The second-order valence-electron chi connectivity index (χ2n) is 5.46. The third-order valence-corrected chi connectivity index (χ3v) is 3.68. The van der Waals surface area contributed by atoms with Crippen LogP contribution in [0.25, 0.3) is 0 Å². The van der Waals surface area contributed by atoms with Crippen LogP contribution in [0.3, 0.4) is 0 Å². The molecule has 0 heterocycles. The standard InChI is InChI=1S/C15H20O3/c1-9(2)13(15(17)18)14(16)12-6-4-3-5-11(12)10-7-8-10/h3-6,9-10,13-14,16H,7-8H2,1-2H3,(H,17,18). The van der Waals surface area contributed by atoms with Crippen molar-refractivity contribution in [3.05, 3.63) is 35.4 Å². The number of hydrogen-bond acceptors (Lipinski definition) is 2. The van der Waals surface area contributed by atoms with Gasteiger partial charge in [0.25, 0.3) is 0 Å². The smallest absolute Gasteiger partial charge is 0.309 e. The summed E-state index contributed by atoms with van der Waals surface area (Å²) in [4.78, 5) is 11.3. The Kier molecular flexibility index (Phi) is 3.71. The van der Waals surface area contributed by atoms with Crippen molar-refractivity contribution in [3.63, 3.8) is 0 Å². The van der Waals surface area contributed by atoms with Gasteiger partial charge in [0.2, 0.25) is 0 Å². The lowest BCUT2D eigenvalue weighted by Gasteiger charge is -2.24. The first-order chi connectivity index (χ1) is 8.52. The summed E-state index contributed by atoms with van der Waals surface area (Å²) in [5.41, 5.74) is 1.91. The van der Waals surface area contributed by atoms with E-state index in [1.807, 2.05) is 38.1 Å². The van der Waals surface area contributed by atoms with Gasteiger partial charge >= 0.3 is 5.97 Å². The molecule has 0 spiro atoms. The first-order valence-corrected chi connectivity index (χ1v) is 6.52. The summed E-state index contributed by atoms with van der Waals surface area (Å²) >= 11 is 0. The van der Waals surface area contributed by atoms with Gasteiger partial charge in [-0.1, -0.05) is 38.1 Å². The van der Waals surface area contributed by atoms with Crippen LogP contribution in [-0.4, -0.2) is 16.2 Å². The number of benzene rings is 1. The Bertz CT molecular complexity index is 435. The molecule has 3 nitrogen and oxygen atoms in total. The normalized spacial score (nSPS) is 18.7. The Morgan fingerprint density at radius 2 is 1.89 bits per heavy atom. The van der Waals surface area contributed by atoms with E-state index in [4.69, 9.17) is 0 Å². The van der Waals surface area contributed by atoms with Gasteiger partial charge in [0.1, 0.15) is 0 Å². The van der Waals surface area contributed by atoms with Crippen LogP contribution in [0, 0.1) is 11.8 Å². The summed E-state index contributed by atoms with van der Waals surface area (Å²) in [5, 5.41) is 19.7. The van der Waals surface area contributed by atoms with Crippen molar-refractivity contribution >= 4 is 5.97 Å². The zero-order valence-electron chi connectivity index (χ0n) is 10.8. The highest BCUT2D eigenvalue weighted by molar-refractivity contribution is 5.71. The van der Waals surface area contributed by atoms with E-state index in [1.165, 1.54) is 0 Å². The molecule has 1 aliphatic rings. The van der Waals surface area contributed by atoms with E-state index in [1.54, 1.807) is 0 Å². The summed E-state index contributed by atoms with van der Waals surface area (Å²) in [6, 6.07) is 7.69. The fraction of sp³-hybridized carbons (Fsp3) is 0.533. The highest BCUT2D eigenvalue weighted by Gasteiger charge is 2.34. The minimum absolute atomic E-state index is 0.0928. The van der Waals surface area contributed by atoms with Crippen molar-refractivity contribution in [1.29, 1.82) is 0 Å². The van der Waals surface area contributed by atoms with Gasteiger partial charge in [0.05, 0.1) is 12.0 Å². The molecule has 2 unspecified atom stereocenters. The molecule has 0 saturated heterocycles. The molecule has 0 aliphatic heterocycles. The van der Waals surface area contributed by atoms with E-state index in [2.05, 4.69) is 0 Å². The molecular weight excluding hydrogens is 228 g/mol. The minimum Gasteiger partial charge on any atom is -0.481 e. The van der Waals surface area contributed by atoms with Gasteiger partial charge in [-0.15, -0.1) is 0 Å². The average molecular weight is 248 g/mol. The highest BCUT2D eigenvalue weighted by atomic mass is 16.4. The summed E-state index contributed by atoms with van der Waals surface area (Å²) in [6.45, 7) is 3.67. The first kappa shape index (κ1) is 13.1. The molecular formula is C15H20O3. The van der Waals surface area contributed by atoms with Gasteiger partial charge in [-0.3, -0.25) is 4.79 Å². The number of aliphatic hydroxyl groups excluding tert-OH is 1. The van der Waals surface area contributed by atoms with Crippen molar-refractivity contribution in [3.8, 4) is 0 Å². The highest BCUT2D eigenvalue weighted by Crippen LogP contribution is 2.44. The van der Waals surface area contributed by atoms with Crippen molar-refractivity contribution in [2.45, 2.75) is 38.7 Å². The van der Waals surface area contributed by atoms with E-state index in [0.717, 1.165) is 24.0 Å². The Labute approximate surface area is 107 Å². The minimum atomic E-state index is -0.928. The van der Waals surface area contributed by atoms with Gasteiger partial charge in [-0.05, 0) is 35.8 Å². The number of rotatable bonds is 5. The summed E-state index contributed by atoms with van der Waals surface area (Å²) in [6.07, 6.45) is 1.37. The number of aliphatic carboxylic acids is 1. The van der Waals surface area contributed by atoms with E-state index in [9.17, 15) is 15.0 Å². The second kappa shape index (κ2) is 5.11. The van der Waals surface area contributed by atoms with Gasteiger partial charge in [-0.25, -0.2) is 0 Å². The van der Waals surface area contributed by atoms with Crippen LogP contribution in [0.2, 0.25) is 0 Å². The lowest BCUT2D eigenvalue weighted by Crippen LogP contribution is -2.27. The molecule has 1 aromatic rings. The third-order valence-electron chi connectivity index (χ3n) is 3.68. The van der Waals surface area contributed by atoms with Crippen molar-refractivity contribution in [2.75, 3.05) is 0 Å². The van der Waals surface area contributed by atoms with Gasteiger partial charge < -0.3 is 10.2 Å². The summed E-state index contributed by atoms with van der Waals surface area (Å²) in [7, 11) is 0. The second-order valence-corrected chi connectivity index (χ2v) is 5.46. The topological polar surface area (TPSA) is 57.5 Å². The van der Waals surface area contributed by atoms with Crippen LogP contribution in [0.4, 0.5) is 0 Å². The average Bonchev–Trinajstić information content (AvgIpc) is 3.11. The zero-order valence-corrected chi connectivity index (χ0v) is 10.8. The van der Waals surface area contributed by atoms with Crippen LogP contribution in [0.15, 0.2) is 24.3 Å². The van der Waals surface area contributed by atoms with Crippen LogP contribution < -0.4 is 0 Å². The molecule has 1 saturated carbocycles. The van der Waals surface area contributed by atoms with E-state index in [-0.39, 0.29) is 5.92 Å².